The molecule has 2 heterocycles. The van der Waals surface area contributed by atoms with Gasteiger partial charge in [-0.25, -0.2) is 9.97 Å². The summed E-state index contributed by atoms with van der Waals surface area (Å²) >= 11 is 0. The van der Waals surface area contributed by atoms with Crippen molar-refractivity contribution in [1.29, 1.82) is 5.26 Å². The summed E-state index contributed by atoms with van der Waals surface area (Å²) in [5.41, 5.74) is 15.9. The lowest BCUT2D eigenvalue weighted by atomic mass is 9.53. The first-order valence-corrected chi connectivity index (χ1v) is 20.7. The van der Waals surface area contributed by atoms with Crippen LogP contribution in [0, 0.1) is 11.3 Å². The Morgan fingerprint density at radius 2 is 0.967 bits per heavy atom. The maximum absolute atomic E-state index is 9.60. The Labute approximate surface area is 356 Å². The number of ether oxygens (including phenoxy) is 1. The molecule has 0 unspecified atom stereocenters. The fraction of sp³-hybridized carbons (Fsp3) is 0.0702. The van der Waals surface area contributed by atoms with E-state index >= 15 is 0 Å². The smallest absolute Gasteiger partial charge is 0.160 e. The van der Waals surface area contributed by atoms with Gasteiger partial charge in [0.2, 0.25) is 0 Å². The molecule has 0 saturated heterocycles. The van der Waals surface area contributed by atoms with Crippen LogP contribution in [0.25, 0.3) is 56.2 Å². The van der Waals surface area contributed by atoms with E-state index in [1.165, 1.54) is 22.3 Å². The maximum Gasteiger partial charge on any atom is 0.160 e. The molecule has 4 nitrogen and oxygen atoms in total. The molecule has 2 aliphatic rings. The summed E-state index contributed by atoms with van der Waals surface area (Å²) in [6, 6.07) is 72.4. The highest BCUT2D eigenvalue weighted by Crippen LogP contribution is 2.61. The van der Waals surface area contributed by atoms with E-state index in [0.717, 1.165) is 73.0 Å². The van der Waals surface area contributed by atoms with Crippen molar-refractivity contribution in [2.24, 2.45) is 0 Å². The van der Waals surface area contributed by atoms with Crippen LogP contribution in [0.3, 0.4) is 0 Å². The molecule has 0 N–H and O–H groups in total. The van der Waals surface area contributed by atoms with Crippen LogP contribution >= 0.6 is 0 Å². The molecule has 0 bridgehead atoms. The Balaban J connectivity index is 1.11. The minimum atomic E-state index is -0.582. The highest BCUT2D eigenvalue weighted by Gasteiger charge is 2.52. The van der Waals surface area contributed by atoms with Gasteiger partial charge in [0.1, 0.15) is 11.5 Å². The number of hydrogen-bond donors (Lipinski definition) is 0. The van der Waals surface area contributed by atoms with Crippen molar-refractivity contribution in [3.05, 3.63) is 239 Å². The average Bonchev–Trinajstić information content (AvgIpc) is 3.33. The van der Waals surface area contributed by atoms with E-state index in [4.69, 9.17) is 14.7 Å². The van der Waals surface area contributed by atoms with E-state index in [1.807, 2.05) is 42.5 Å². The number of aromatic nitrogens is 2. The summed E-state index contributed by atoms with van der Waals surface area (Å²) in [5.74, 6) is 2.42. The number of hydrogen-bond acceptors (Lipinski definition) is 4. The first-order valence-electron chi connectivity index (χ1n) is 20.7. The molecule has 0 saturated carbocycles. The molecular formula is C57H39N3O. The number of para-hydroxylation sites is 2. The second-order valence-corrected chi connectivity index (χ2v) is 16.4. The molecule has 0 fully saturated rings. The van der Waals surface area contributed by atoms with Gasteiger partial charge in [-0.15, -0.1) is 0 Å². The molecule has 1 aliphatic carbocycles. The summed E-state index contributed by atoms with van der Waals surface area (Å²) in [7, 11) is 0. The van der Waals surface area contributed by atoms with Crippen molar-refractivity contribution in [2.75, 3.05) is 0 Å². The lowest BCUT2D eigenvalue weighted by Crippen LogP contribution is -2.43. The summed E-state index contributed by atoms with van der Waals surface area (Å²) in [6.07, 6.45) is 0. The SMILES string of the molecule is CC1(C)c2ccccc2C2(c3ccccc3Oc3ccccc32)c2ccc(-c3ccccc3-c3cc(-c4cccc(-c5cccc(C#N)c5)c4)nc(-c4ccccc4)n3)cc21. The third-order valence-corrected chi connectivity index (χ3v) is 12.7. The van der Waals surface area contributed by atoms with Gasteiger partial charge in [0.05, 0.1) is 28.4 Å². The minimum absolute atomic E-state index is 0.315. The lowest BCUT2D eigenvalue weighted by molar-refractivity contribution is 0.425. The Morgan fingerprint density at radius 3 is 1.70 bits per heavy atom. The van der Waals surface area contributed by atoms with Gasteiger partial charge in [0.25, 0.3) is 0 Å². The quantitative estimate of drug-likeness (QED) is 0.174. The lowest BCUT2D eigenvalue weighted by Gasteiger charge is -2.50. The Bertz CT molecular complexity index is 3180. The van der Waals surface area contributed by atoms with Gasteiger partial charge < -0.3 is 4.74 Å². The van der Waals surface area contributed by atoms with Crippen molar-refractivity contribution in [3.8, 4) is 73.7 Å². The second-order valence-electron chi connectivity index (χ2n) is 16.4. The Morgan fingerprint density at radius 1 is 0.410 bits per heavy atom. The number of nitrogens with zero attached hydrogens (tertiary/aromatic N) is 3. The van der Waals surface area contributed by atoms with E-state index in [9.17, 15) is 5.26 Å². The predicted octanol–water partition coefficient (Wildman–Crippen LogP) is 13.8. The van der Waals surface area contributed by atoms with Gasteiger partial charge >= 0.3 is 0 Å². The summed E-state index contributed by atoms with van der Waals surface area (Å²) in [6.45, 7) is 4.72. The average molecular weight is 782 g/mol. The van der Waals surface area contributed by atoms with Crippen LogP contribution in [0.1, 0.15) is 52.8 Å². The third kappa shape index (κ3) is 5.74. The maximum atomic E-state index is 9.60. The molecule has 0 atom stereocenters. The summed E-state index contributed by atoms with van der Waals surface area (Å²) in [5, 5.41) is 9.60. The van der Waals surface area contributed by atoms with E-state index in [1.54, 1.807) is 0 Å². The normalized spacial score (nSPS) is 13.8. The highest BCUT2D eigenvalue weighted by atomic mass is 16.5. The molecule has 288 valence electrons. The molecule has 9 aromatic rings. The van der Waals surface area contributed by atoms with Crippen molar-refractivity contribution < 1.29 is 4.74 Å². The number of benzene rings is 8. The van der Waals surface area contributed by atoms with Crippen molar-refractivity contribution in [1.82, 2.24) is 9.97 Å². The van der Waals surface area contributed by atoms with Crippen molar-refractivity contribution >= 4 is 0 Å². The van der Waals surface area contributed by atoms with Crippen LogP contribution in [0.4, 0.5) is 0 Å². The molecule has 1 aromatic heterocycles. The molecule has 1 spiro atoms. The molecule has 0 amide bonds. The Kier molecular flexibility index (Phi) is 8.41. The van der Waals surface area contributed by atoms with Crippen molar-refractivity contribution in [3.63, 3.8) is 0 Å². The molecular weight excluding hydrogens is 743 g/mol. The molecule has 11 rings (SSSR count). The van der Waals surface area contributed by atoms with Gasteiger partial charge in [-0.05, 0) is 87.0 Å². The van der Waals surface area contributed by atoms with E-state index in [2.05, 4.69) is 178 Å². The van der Waals surface area contributed by atoms with Crippen LogP contribution in [-0.4, -0.2) is 9.97 Å². The zero-order valence-electron chi connectivity index (χ0n) is 33.8. The highest BCUT2D eigenvalue weighted by molar-refractivity contribution is 5.86. The predicted molar refractivity (Wildman–Crippen MR) is 244 cm³/mol. The largest absolute Gasteiger partial charge is 0.457 e. The zero-order chi connectivity index (χ0) is 41.1. The fourth-order valence-electron chi connectivity index (χ4n) is 9.81. The van der Waals surface area contributed by atoms with Crippen LogP contribution in [0.2, 0.25) is 0 Å². The zero-order valence-corrected chi connectivity index (χ0v) is 33.8. The van der Waals surface area contributed by atoms with Crippen LogP contribution < -0.4 is 4.74 Å². The van der Waals surface area contributed by atoms with Crippen molar-refractivity contribution in [2.45, 2.75) is 24.7 Å². The van der Waals surface area contributed by atoms with E-state index < -0.39 is 5.41 Å². The van der Waals surface area contributed by atoms with Gasteiger partial charge in [-0.1, -0.05) is 172 Å². The van der Waals surface area contributed by atoms with E-state index in [0.29, 0.717) is 11.4 Å². The van der Waals surface area contributed by atoms with Gasteiger partial charge in [-0.3, -0.25) is 0 Å². The molecule has 0 radical (unpaired) electrons. The molecule has 1 aliphatic heterocycles. The topological polar surface area (TPSA) is 58.8 Å². The molecule has 4 heteroatoms. The number of rotatable bonds is 5. The first kappa shape index (κ1) is 36.2. The molecule has 8 aromatic carbocycles. The van der Waals surface area contributed by atoms with Gasteiger partial charge in [0, 0.05) is 33.2 Å². The van der Waals surface area contributed by atoms with Gasteiger partial charge in [-0.2, -0.15) is 5.26 Å². The van der Waals surface area contributed by atoms with Crippen LogP contribution in [-0.2, 0) is 10.8 Å². The van der Waals surface area contributed by atoms with Gasteiger partial charge in [0.15, 0.2) is 5.82 Å². The minimum Gasteiger partial charge on any atom is -0.457 e. The monoisotopic (exact) mass is 781 g/mol. The van der Waals surface area contributed by atoms with E-state index in [-0.39, 0.29) is 5.41 Å². The van der Waals surface area contributed by atoms with Crippen LogP contribution in [0.15, 0.2) is 200 Å². The standard InChI is InChI=1S/C57H39N3O/c1-56(2)45-24-8-9-25-46(45)57(48-26-10-12-28-53(48)61-54-29-13-11-27-49(54)57)47-31-30-41(34-50(47)56)43-22-6-7-23-44(43)52-35-51(59-55(60-52)38-17-4-3-5-18-38)42-21-15-20-40(33-42)39-19-14-16-37(32-39)36-58/h3-35H,1-2H3. The second kappa shape index (κ2) is 14.2. The fourth-order valence-corrected chi connectivity index (χ4v) is 9.81. The first-order chi connectivity index (χ1) is 29.9. The number of nitriles is 1. The Hall–Kier alpha value is -7.87. The third-order valence-electron chi connectivity index (χ3n) is 12.7. The molecule has 61 heavy (non-hydrogen) atoms. The van der Waals surface area contributed by atoms with Crippen LogP contribution in [0.5, 0.6) is 11.5 Å². The number of fused-ring (bicyclic) bond motifs is 8. The summed E-state index contributed by atoms with van der Waals surface area (Å²) < 4.78 is 6.64. The summed E-state index contributed by atoms with van der Waals surface area (Å²) in [4.78, 5) is 10.5.